The Morgan fingerprint density at radius 3 is 2.41 bits per heavy atom. The zero-order valence-electron chi connectivity index (χ0n) is 25.0. The van der Waals surface area contributed by atoms with Crippen molar-refractivity contribution in [1.82, 2.24) is 10.2 Å². The summed E-state index contributed by atoms with van der Waals surface area (Å²) in [5.41, 5.74) is 1.39. The van der Waals surface area contributed by atoms with Gasteiger partial charge in [-0.05, 0) is 57.0 Å². The molecule has 44 heavy (non-hydrogen) atoms. The molecule has 0 spiro atoms. The van der Waals surface area contributed by atoms with Crippen molar-refractivity contribution in [3.05, 3.63) is 101 Å². The highest BCUT2D eigenvalue weighted by Gasteiger charge is 2.44. The zero-order valence-corrected chi connectivity index (χ0v) is 25.9. The van der Waals surface area contributed by atoms with Crippen LogP contribution < -0.4 is 10.6 Å². The van der Waals surface area contributed by atoms with Crippen LogP contribution in [-0.4, -0.2) is 52.7 Å². The second kappa shape index (κ2) is 14.4. The number of esters is 2. The Kier molecular flexibility index (Phi) is 10.6. The van der Waals surface area contributed by atoms with Crippen LogP contribution in [0.5, 0.6) is 0 Å². The topological polar surface area (TPSA) is 114 Å². The number of anilines is 1. The van der Waals surface area contributed by atoms with Crippen molar-refractivity contribution in [3.63, 3.8) is 0 Å². The van der Waals surface area contributed by atoms with Gasteiger partial charge in [-0.25, -0.2) is 14.0 Å². The molecule has 3 amide bonds. The monoisotopic (exact) mass is 621 g/mol. The quantitative estimate of drug-likeness (QED) is 0.291. The number of nitrogens with zero attached hydrogens (tertiary/aromatic N) is 1. The van der Waals surface area contributed by atoms with E-state index in [9.17, 15) is 23.6 Å². The van der Waals surface area contributed by atoms with Crippen LogP contribution in [0.25, 0.3) is 0 Å². The van der Waals surface area contributed by atoms with Crippen LogP contribution in [0.15, 0.2) is 78.9 Å². The van der Waals surface area contributed by atoms with Crippen molar-refractivity contribution in [1.29, 1.82) is 0 Å². The van der Waals surface area contributed by atoms with Gasteiger partial charge in [0.15, 0.2) is 0 Å². The van der Waals surface area contributed by atoms with Gasteiger partial charge in [-0.3, -0.25) is 9.59 Å². The summed E-state index contributed by atoms with van der Waals surface area (Å²) in [6.07, 6.45) is 0. The lowest BCUT2D eigenvalue weighted by Crippen LogP contribution is -2.49. The molecule has 1 aliphatic rings. The first-order chi connectivity index (χ1) is 20.9. The number of carbonyl (C=O) groups excluding carboxylic acids is 4. The SMILES string of the molecule is CC(C(=O)OCc1ccccc1)c1cccc(NC(=O)NCC(=O)N2[C@@H](c3ccccc3F)SC[C@H]2C(=O)OC(C)(C)C)c1. The van der Waals surface area contributed by atoms with Gasteiger partial charge in [0.05, 0.1) is 12.5 Å². The maximum Gasteiger partial charge on any atom is 0.330 e. The molecular formula is C33H36FN3O6S. The number of carbonyl (C=O) groups is 4. The largest absolute Gasteiger partial charge is 0.460 e. The summed E-state index contributed by atoms with van der Waals surface area (Å²) in [5, 5.41) is 4.42. The van der Waals surface area contributed by atoms with Gasteiger partial charge < -0.3 is 25.0 Å². The van der Waals surface area contributed by atoms with Crippen LogP contribution in [0.3, 0.4) is 0 Å². The third kappa shape index (κ3) is 8.59. The molecule has 1 heterocycles. The van der Waals surface area contributed by atoms with Crippen molar-refractivity contribution in [2.24, 2.45) is 0 Å². The number of hydrogen-bond acceptors (Lipinski definition) is 7. The van der Waals surface area contributed by atoms with Gasteiger partial charge in [-0.1, -0.05) is 60.7 Å². The number of halogens is 1. The predicted molar refractivity (Wildman–Crippen MR) is 166 cm³/mol. The molecule has 0 aromatic heterocycles. The molecular weight excluding hydrogens is 585 g/mol. The summed E-state index contributed by atoms with van der Waals surface area (Å²) in [5.74, 6) is -2.46. The minimum Gasteiger partial charge on any atom is -0.460 e. The summed E-state index contributed by atoms with van der Waals surface area (Å²) in [7, 11) is 0. The number of nitrogens with one attached hydrogen (secondary N) is 2. The molecule has 11 heteroatoms. The molecule has 0 bridgehead atoms. The van der Waals surface area contributed by atoms with Gasteiger partial charge >= 0.3 is 18.0 Å². The number of benzene rings is 3. The number of ether oxygens (including phenoxy) is 2. The van der Waals surface area contributed by atoms with Crippen LogP contribution >= 0.6 is 11.8 Å². The van der Waals surface area contributed by atoms with Crippen LogP contribution in [0.2, 0.25) is 0 Å². The van der Waals surface area contributed by atoms with Crippen molar-refractivity contribution < 1.29 is 33.0 Å². The van der Waals surface area contributed by atoms with Gasteiger partial charge in [0, 0.05) is 17.0 Å². The molecule has 232 valence electrons. The van der Waals surface area contributed by atoms with Crippen molar-refractivity contribution >= 4 is 41.3 Å². The lowest BCUT2D eigenvalue weighted by molar-refractivity contribution is -0.163. The molecule has 0 radical (unpaired) electrons. The maximum atomic E-state index is 14.7. The predicted octanol–water partition coefficient (Wildman–Crippen LogP) is 5.78. The normalized spacial score (nSPS) is 17.0. The van der Waals surface area contributed by atoms with E-state index in [2.05, 4.69) is 10.6 Å². The van der Waals surface area contributed by atoms with E-state index in [1.54, 1.807) is 70.2 Å². The first-order valence-corrected chi connectivity index (χ1v) is 15.2. The number of hydrogen-bond donors (Lipinski definition) is 2. The molecule has 0 saturated carbocycles. The standard InChI is InChI=1S/C33H36FN3O6S/c1-21(30(39)42-19-22-11-6-5-7-12-22)23-13-10-14-24(17-23)36-32(41)35-18-28(38)37-27(31(40)43-33(2,3)4)20-44-29(37)25-15-8-9-16-26(25)34/h5-17,21,27,29H,18-20H2,1-4H3,(H2,35,36,41)/t21?,27-,29+/m0/s1. The Labute approximate surface area is 260 Å². The van der Waals surface area contributed by atoms with Crippen molar-refractivity contribution in [3.8, 4) is 0 Å². The number of rotatable bonds is 9. The van der Waals surface area contributed by atoms with Crippen LogP contribution in [-0.2, 0) is 30.5 Å². The molecule has 9 nitrogen and oxygen atoms in total. The summed E-state index contributed by atoms with van der Waals surface area (Å²) in [4.78, 5) is 53.1. The zero-order chi connectivity index (χ0) is 31.9. The van der Waals surface area contributed by atoms with Crippen LogP contribution in [0.4, 0.5) is 14.9 Å². The van der Waals surface area contributed by atoms with E-state index in [1.807, 2.05) is 30.3 Å². The van der Waals surface area contributed by atoms with Gasteiger partial charge in [-0.15, -0.1) is 11.8 Å². The smallest absolute Gasteiger partial charge is 0.330 e. The van der Waals surface area contributed by atoms with E-state index >= 15 is 0 Å². The van der Waals surface area contributed by atoms with E-state index in [0.717, 1.165) is 5.56 Å². The fourth-order valence-electron chi connectivity index (χ4n) is 4.58. The fourth-order valence-corrected chi connectivity index (χ4v) is 6.03. The molecule has 1 fully saturated rings. The molecule has 3 aromatic rings. The average molecular weight is 622 g/mol. The summed E-state index contributed by atoms with van der Waals surface area (Å²) >= 11 is 1.25. The second-order valence-corrected chi connectivity index (χ2v) is 12.4. The van der Waals surface area contributed by atoms with Crippen LogP contribution in [0, 0.1) is 5.82 Å². The molecule has 1 saturated heterocycles. The van der Waals surface area contributed by atoms with E-state index in [-0.39, 0.29) is 17.9 Å². The number of amides is 3. The molecule has 3 aromatic carbocycles. The highest BCUT2D eigenvalue weighted by molar-refractivity contribution is 7.99. The minimum absolute atomic E-state index is 0.153. The van der Waals surface area contributed by atoms with E-state index in [4.69, 9.17) is 9.47 Å². The maximum absolute atomic E-state index is 14.7. The summed E-state index contributed by atoms with van der Waals surface area (Å²) in [6.45, 7) is 6.60. The molecule has 1 unspecified atom stereocenters. The highest BCUT2D eigenvalue weighted by Crippen LogP contribution is 2.42. The number of urea groups is 1. The summed E-state index contributed by atoms with van der Waals surface area (Å²) in [6, 6.07) is 20.5. The molecule has 3 atom stereocenters. The first kappa shape index (κ1) is 32.5. The Bertz CT molecular complexity index is 1500. The minimum atomic E-state index is -0.957. The van der Waals surface area contributed by atoms with Gasteiger partial charge in [0.25, 0.3) is 0 Å². The molecule has 2 N–H and O–H groups in total. The van der Waals surface area contributed by atoms with Gasteiger partial charge in [0.2, 0.25) is 5.91 Å². The summed E-state index contributed by atoms with van der Waals surface area (Å²) < 4.78 is 25.7. The number of thioether (sulfide) groups is 1. The molecule has 1 aliphatic heterocycles. The van der Waals surface area contributed by atoms with Gasteiger partial charge in [0.1, 0.15) is 29.4 Å². The van der Waals surface area contributed by atoms with Crippen LogP contribution in [0.1, 0.15) is 55.7 Å². The fraction of sp³-hybridized carbons (Fsp3) is 0.333. The third-order valence-corrected chi connectivity index (χ3v) is 8.07. The van der Waals surface area contributed by atoms with E-state index in [0.29, 0.717) is 11.3 Å². The van der Waals surface area contributed by atoms with Crippen molar-refractivity contribution in [2.75, 3.05) is 17.6 Å². The lowest BCUT2D eigenvalue weighted by atomic mass is 10.0. The third-order valence-electron chi connectivity index (χ3n) is 6.76. The van der Waals surface area contributed by atoms with E-state index < -0.39 is 59.2 Å². The Morgan fingerprint density at radius 2 is 1.70 bits per heavy atom. The average Bonchev–Trinajstić information content (AvgIpc) is 3.44. The molecule has 4 rings (SSSR count). The van der Waals surface area contributed by atoms with E-state index in [1.165, 1.54) is 22.7 Å². The molecule has 0 aliphatic carbocycles. The Morgan fingerprint density at radius 1 is 1.00 bits per heavy atom. The Balaban J connectivity index is 1.39. The second-order valence-electron chi connectivity index (χ2n) is 11.3. The first-order valence-electron chi connectivity index (χ1n) is 14.2. The lowest BCUT2D eigenvalue weighted by Gasteiger charge is -2.30. The van der Waals surface area contributed by atoms with Gasteiger partial charge in [-0.2, -0.15) is 0 Å². The Hall–Kier alpha value is -4.38. The highest BCUT2D eigenvalue weighted by atomic mass is 32.2. The van der Waals surface area contributed by atoms with Crippen molar-refractivity contribution in [2.45, 2.75) is 57.2 Å².